The first-order valence-corrected chi connectivity index (χ1v) is 4.03. The van der Waals surface area contributed by atoms with Crippen LogP contribution < -0.4 is 0 Å². The molecule has 66 valence electrons. The first-order chi connectivity index (χ1) is 6.20. The average molecular weight is 215 g/mol. The molecule has 0 saturated carbocycles. The molecule has 3 nitrogen and oxygen atoms in total. The van der Waals surface area contributed by atoms with Crippen molar-refractivity contribution in [3.8, 4) is 6.07 Å². The van der Waals surface area contributed by atoms with Crippen LogP contribution in [-0.4, -0.2) is 10.9 Å². The van der Waals surface area contributed by atoms with Crippen molar-refractivity contribution in [3.05, 3.63) is 33.8 Å². The number of halogens is 2. The lowest BCUT2D eigenvalue weighted by Gasteiger charge is -2.01. The molecule has 0 saturated heterocycles. The van der Waals surface area contributed by atoms with Crippen molar-refractivity contribution in [2.75, 3.05) is 0 Å². The van der Waals surface area contributed by atoms with Gasteiger partial charge in [-0.25, -0.2) is 0 Å². The van der Waals surface area contributed by atoms with E-state index in [9.17, 15) is 0 Å². The Hall–Kier alpha value is -1.24. The molecule has 0 aromatic heterocycles. The SMILES string of the molecule is N#C/C(=N\O)c1c(Cl)cccc1Cl. The summed E-state index contributed by atoms with van der Waals surface area (Å²) >= 11 is 11.5. The van der Waals surface area contributed by atoms with Gasteiger partial charge in [0.25, 0.3) is 0 Å². The average Bonchev–Trinajstić information content (AvgIpc) is 2.11. The smallest absolute Gasteiger partial charge is 0.189 e. The molecule has 13 heavy (non-hydrogen) atoms. The van der Waals surface area contributed by atoms with E-state index >= 15 is 0 Å². The van der Waals surface area contributed by atoms with Crippen LogP contribution in [0.1, 0.15) is 5.56 Å². The molecule has 0 unspecified atom stereocenters. The molecule has 0 amide bonds. The summed E-state index contributed by atoms with van der Waals surface area (Å²) in [5, 5.41) is 20.4. The molecule has 0 spiro atoms. The summed E-state index contributed by atoms with van der Waals surface area (Å²) in [5.74, 6) is 0. The van der Waals surface area contributed by atoms with Gasteiger partial charge in [0, 0.05) is 0 Å². The monoisotopic (exact) mass is 214 g/mol. The van der Waals surface area contributed by atoms with E-state index in [-0.39, 0.29) is 21.3 Å². The van der Waals surface area contributed by atoms with E-state index in [1.54, 1.807) is 24.3 Å². The maximum absolute atomic E-state index is 8.57. The normalized spacial score (nSPS) is 11.0. The van der Waals surface area contributed by atoms with Crippen LogP contribution in [0.3, 0.4) is 0 Å². The van der Waals surface area contributed by atoms with E-state index in [1.807, 2.05) is 0 Å². The van der Waals surface area contributed by atoms with Crippen LogP contribution in [0, 0.1) is 11.3 Å². The van der Waals surface area contributed by atoms with E-state index in [4.69, 9.17) is 33.7 Å². The van der Waals surface area contributed by atoms with Crippen molar-refractivity contribution in [2.24, 2.45) is 5.16 Å². The number of hydrogen-bond donors (Lipinski definition) is 1. The fourth-order valence-electron chi connectivity index (χ4n) is 0.852. The maximum Gasteiger partial charge on any atom is 0.189 e. The molecule has 0 heterocycles. The van der Waals surface area contributed by atoms with Gasteiger partial charge < -0.3 is 5.21 Å². The van der Waals surface area contributed by atoms with Gasteiger partial charge >= 0.3 is 0 Å². The van der Waals surface area contributed by atoms with Crippen LogP contribution in [-0.2, 0) is 0 Å². The van der Waals surface area contributed by atoms with Crippen LogP contribution in [0.2, 0.25) is 10.0 Å². The lowest BCUT2D eigenvalue weighted by Crippen LogP contribution is -1.99. The van der Waals surface area contributed by atoms with Gasteiger partial charge in [0.1, 0.15) is 6.07 Å². The van der Waals surface area contributed by atoms with E-state index in [1.165, 1.54) is 0 Å². The Morgan fingerprint density at radius 2 is 1.92 bits per heavy atom. The zero-order valence-electron chi connectivity index (χ0n) is 6.33. The summed E-state index contributed by atoms with van der Waals surface area (Å²) in [6, 6.07) is 6.44. The molecule has 0 radical (unpaired) electrons. The van der Waals surface area contributed by atoms with Crippen molar-refractivity contribution in [1.29, 1.82) is 5.26 Å². The summed E-state index contributed by atoms with van der Waals surface area (Å²) in [6.07, 6.45) is 0. The minimum Gasteiger partial charge on any atom is -0.410 e. The van der Waals surface area contributed by atoms with E-state index in [0.29, 0.717) is 0 Å². The standard InChI is InChI=1S/C8H4Cl2N2O/c9-5-2-1-3-6(10)8(5)7(4-11)12-13/h1-3,13H/b12-7+. The van der Waals surface area contributed by atoms with Crippen molar-refractivity contribution < 1.29 is 5.21 Å². The molecule has 0 atom stereocenters. The molecule has 0 bridgehead atoms. The second kappa shape index (κ2) is 4.13. The summed E-state index contributed by atoms with van der Waals surface area (Å²) < 4.78 is 0. The highest BCUT2D eigenvalue weighted by Gasteiger charge is 2.11. The lowest BCUT2D eigenvalue weighted by atomic mass is 10.1. The number of hydrogen-bond acceptors (Lipinski definition) is 3. The van der Waals surface area contributed by atoms with Crippen molar-refractivity contribution in [3.63, 3.8) is 0 Å². The largest absolute Gasteiger partial charge is 0.410 e. The Morgan fingerprint density at radius 3 is 2.31 bits per heavy atom. The lowest BCUT2D eigenvalue weighted by molar-refractivity contribution is 0.320. The van der Waals surface area contributed by atoms with Crippen molar-refractivity contribution in [1.82, 2.24) is 0 Å². The quantitative estimate of drug-likeness (QED) is 0.444. The van der Waals surface area contributed by atoms with E-state index in [0.717, 1.165) is 0 Å². The van der Waals surface area contributed by atoms with Gasteiger partial charge in [0.2, 0.25) is 0 Å². The van der Waals surface area contributed by atoms with E-state index < -0.39 is 0 Å². The second-order valence-electron chi connectivity index (χ2n) is 2.16. The fraction of sp³-hybridized carbons (Fsp3) is 0. The molecular weight excluding hydrogens is 211 g/mol. The van der Waals surface area contributed by atoms with Gasteiger partial charge in [0.15, 0.2) is 5.71 Å². The summed E-state index contributed by atoms with van der Waals surface area (Å²) in [4.78, 5) is 0. The molecule has 1 rings (SSSR count). The summed E-state index contributed by atoms with van der Waals surface area (Å²) in [6.45, 7) is 0. The number of rotatable bonds is 1. The Labute approximate surface area is 84.8 Å². The molecule has 0 aliphatic carbocycles. The summed E-state index contributed by atoms with van der Waals surface area (Å²) in [7, 11) is 0. The molecule has 0 fully saturated rings. The summed E-state index contributed by atoms with van der Waals surface area (Å²) in [5.41, 5.74) is 0.0476. The Bertz CT molecular complexity index is 375. The predicted octanol–water partition coefficient (Wildman–Crippen LogP) is 2.70. The van der Waals surface area contributed by atoms with Crippen LogP contribution in [0.25, 0.3) is 0 Å². The third-order valence-electron chi connectivity index (χ3n) is 1.41. The molecule has 5 heteroatoms. The van der Waals surface area contributed by atoms with Crippen LogP contribution in [0.15, 0.2) is 23.4 Å². The van der Waals surface area contributed by atoms with E-state index in [2.05, 4.69) is 5.16 Å². The van der Waals surface area contributed by atoms with Gasteiger partial charge in [0.05, 0.1) is 15.6 Å². The Kier molecular flexibility index (Phi) is 3.13. The van der Waals surface area contributed by atoms with Crippen LogP contribution >= 0.6 is 23.2 Å². The molecular formula is C8H4Cl2N2O. The molecule has 0 aliphatic rings. The number of oxime groups is 1. The van der Waals surface area contributed by atoms with Crippen LogP contribution in [0.5, 0.6) is 0 Å². The van der Waals surface area contributed by atoms with Crippen molar-refractivity contribution >= 4 is 28.9 Å². The zero-order chi connectivity index (χ0) is 9.84. The van der Waals surface area contributed by atoms with Gasteiger partial charge in [-0.2, -0.15) is 5.26 Å². The third kappa shape index (κ3) is 1.92. The highest BCUT2D eigenvalue weighted by Crippen LogP contribution is 2.24. The molecule has 1 aromatic carbocycles. The first kappa shape index (κ1) is 9.85. The predicted molar refractivity (Wildman–Crippen MR) is 50.4 cm³/mol. The Balaban J connectivity index is 3.38. The van der Waals surface area contributed by atoms with Crippen molar-refractivity contribution in [2.45, 2.75) is 0 Å². The third-order valence-corrected chi connectivity index (χ3v) is 2.04. The fourth-order valence-corrected chi connectivity index (χ4v) is 1.43. The molecule has 0 aliphatic heterocycles. The topological polar surface area (TPSA) is 56.4 Å². The van der Waals surface area contributed by atoms with Gasteiger partial charge in [-0.15, -0.1) is 0 Å². The minimum absolute atomic E-state index is 0.199. The highest BCUT2D eigenvalue weighted by molar-refractivity contribution is 6.41. The van der Waals surface area contributed by atoms with Crippen LogP contribution in [0.4, 0.5) is 0 Å². The number of nitriles is 1. The molecule has 1 aromatic rings. The minimum atomic E-state index is -0.199. The highest BCUT2D eigenvalue weighted by atomic mass is 35.5. The number of nitrogens with zero attached hydrogens (tertiary/aromatic N) is 2. The second-order valence-corrected chi connectivity index (χ2v) is 2.97. The zero-order valence-corrected chi connectivity index (χ0v) is 7.84. The van der Waals surface area contributed by atoms with Gasteiger partial charge in [-0.3, -0.25) is 0 Å². The van der Waals surface area contributed by atoms with Gasteiger partial charge in [-0.1, -0.05) is 34.4 Å². The maximum atomic E-state index is 8.57. The first-order valence-electron chi connectivity index (χ1n) is 3.27. The van der Waals surface area contributed by atoms with Gasteiger partial charge in [-0.05, 0) is 12.1 Å². The Morgan fingerprint density at radius 1 is 1.38 bits per heavy atom. The number of benzene rings is 1. The molecule has 1 N–H and O–H groups in total.